The molecule has 0 aliphatic heterocycles. The number of halogens is 1. The van der Waals surface area contributed by atoms with Crippen LogP contribution < -0.4 is 0 Å². The third-order valence-electron chi connectivity index (χ3n) is 1.11. The molecule has 10 heavy (non-hydrogen) atoms. The van der Waals surface area contributed by atoms with Gasteiger partial charge in [-0.1, -0.05) is 15.9 Å². The fourth-order valence-corrected chi connectivity index (χ4v) is 2.16. The fourth-order valence-electron chi connectivity index (χ4n) is 0.665. The predicted molar refractivity (Wildman–Crippen MR) is 46.5 cm³/mol. The fraction of sp³-hybridized carbons (Fsp3) is 0.286. The molecular formula is C7H6BrNS. The van der Waals surface area contributed by atoms with Gasteiger partial charge >= 0.3 is 0 Å². The van der Waals surface area contributed by atoms with E-state index in [4.69, 9.17) is 5.26 Å². The van der Waals surface area contributed by atoms with Crippen LogP contribution in [0.25, 0.3) is 0 Å². The van der Waals surface area contributed by atoms with Crippen LogP contribution in [-0.2, 0) is 6.42 Å². The largest absolute Gasteiger partial charge is 0.192 e. The van der Waals surface area contributed by atoms with Crippen molar-refractivity contribution in [1.29, 1.82) is 5.26 Å². The van der Waals surface area contributed by atoms with Gasteiger partial charge in [0.1, 0.15) is 10.9 Å². The first-order valence-corrected chi connectivity index (χ1v) is 4.85. The van der Waals surface area contributed by atoms with Gasteiger partial charge in [0.25, 0.3) is 0 Å². The van der Waals surface area contributed by atoms with E-state index in [-0.39, 0.29) is 0 Å². The molecule has 0 fully saturated rings. The summed E-state index contributed by atoms with van der Waals surface area (Å²) in [6, 6.07) is 5.98. The second-order valence-corrected chi connectivity index (χ2v) is 3.78. The Kier molecular flexibility index (Phi) is 2.91. The number of thiophene rings is 1. The van der Waals surface area contributed by atoms with Crippen molar-refractivity contribution in [3.05, 3.63) is 21.9 Å². The molecule has 0 amide bonds. The Morgan fingerprint density at radius 3 is 2.90 bits per heavy atom. The van der Waals surface area contributed by atoms with Crippen molar-refractivity contribution in [2.75, 3.05) is 5.33 Å². The first-order chi connectivity index (χ1) is 4.86. The lowest BCUT2D eigenvalue weighted by molar-refractivity contribution is 1.22. The predicted octanol–water partition coefficient (Wildman–Crippen LogP) is 2.56. The topological polar surface area (TPSA) is 23.8 Å². The summed E-state index contributed by atoms with van der Waals surface area (Å²) in [5.74, 6) is 0. The van der Waals surface area contributed by atoms with Crippen molar-refractivity contribution < 1.29 is 0 Å². The molecule has 0 bridgehead atoms. The van der Waals surface area contributed by atoms with Gasteiger partial charge < -0.3 is 0 Å². The van der Waals surface area contributed by atoms with Crippen LogP contribution in [0.2, 0.25) is 0 Å². The van der Waals surface area contributed by atoms with Gasteiger partial charge in [0.2, 0.25) is 0 Å². The zero-order valence-electron chi connectivity index (χ0n) is 5.30. The first kappa shape index (κ1) is 7.77. The molecule has 0 aliphatic rings. The Balaban J connectivity index is 2.71. The lowest BCUT2D eigenvalue weighted by Gasteiger charge is -1.85. The molecule has 1 aromatic rings. The van der Waals surface area contributed by atoms with Gasteiger partial charge in [-0.3, -0.25) is 0 Å². The van der Waals surface area contributed by atoms with Gasteiger partial charge in [-0.25, -0.2) is 0 Å². The number of rotatable bonds is 2. The summed E-state index contributed by atoms with van der Waals surface area (Å²) in [6.45, 7) is 0. The third-order valence-corrected chi connectivity index (χ3v) is 2.56. The average molecular weight is 216 g/mol. The number of alkyl halides is 1. The maximum absolute atomic E-state index is 8.47. The van der Waals surface area contributed by atoms with E-state index in [0.29, 0.717) is 0 Å². The average Bonchev–Trinajstić information content (AvgIpc) is 2.37. The van der Waals surface area contributed by atoms with Crippen LogP contribution >= 0.6 is 27.3 Å². The number of nitriles is 1. The van der Waals surface area contributed by atoms with Gasteiger partial charge in [0, 0.05) is 10.2 Å². The van der Waals surface area contributed by atoms with Gasteiger partial charge in [0.15, 0.2) is 0 Å². The Labute approximate surface area is 72.4 Å². The number of nitrogens with zero attached hydrogens (tertiary/aromatic N) is 1. The van der Waals surface area contributed by atoms with Crippen molar-refractivity contribution in [2.24, 2.45) is 0 Å². The molecule has 1 rings (SSSR count). The Hall–Kier alpha value is -0.330. The highest BCUT2D eigenvalue weighted by Crippen LogP contribution is 2.15. The zero-order chi connectivity index (χ0) is 7.40. The molecule has 0 aromatic carbocycles. The van der Waals surface area contributed by atoms with Crippen LogP contribution in [0.3, 0.4) is 0 Å². The minimum absolute atomic E-state index is 0.802. The van der Waals surface area contributed by atoms with Crippen LogP contribution in [0.4, 0.5) is 0 Å². The molecule has 1 nitrogen and oxygen atoms in total. The molecule has 3 heteroatoms. The summed E-state index contributed by atoms with van der Waals surface area (Å²) in [4.78, 5) is 2.07. The SMILES string of the molecule is N#Cc1ccc(CCBr)s1. The van der Waals surface area contributed by atoms with E-state index in [2.05, 4.69) is 22.0 Å². The summed E-state index contributed by atoms with van der Waals surface area (Å²) < 4.78 is 0. The molecule has 52 valence electrons. The second kappa shape index (κ2) is 3.75. The van der Waals surface area contributed by atoms with E-state index >= 15 is 0 Å². The van der Waals surface area contributed by atoms with Crippen molar-refractivity contribution in [1.82, 2.24) is 0 Å². The molecule has 0 radical (unpaired) electrons. The smallest absolute Gasteiger partial charge is 0.110 e. The Morgan fingerprint density at radius 2 is 2.40 bits per heavy atom. The molecule has 0 aliphatic carbocycles. The summed E-state index contributed by atoms with van der Waals surface area (Å²) in [7, 11) is 0. The summed E-state index contributed by atoms with van der Waals surface area (Å²) in [5, 5.41) is 9.44. The lowest BCUT2D eigenvalue weighted by Crippen LogP contribution is -1.76. The van der Waals surface area contributed by atoms with Crippen LogP contribution in [-0.4, -0.2) is 5.33 Å². The Bertz CT molecular complexity index is 248. The summed E-state index contributed by atoms with van der Waals surface area (Å²) >= 11 is 4.91. The molecule has 1 heterocycles. The molecule has 0 saturated heterocycles. The quantitative estimate of drug-likeness (QED) is 0.697. The highest BCUT2D eigenvalue weighted by atomic mass is 79.9. The van der Waals surface area contributed by atoms with E-state index in [0.717, 1.165) is 16.6 Å². The maximum Gasteiger partial charge on any atom is 0.110 e. The molecule has 1 aromatic heterocycles. The van der Waals surface area contributed by atoms with E-state index < -0.39 is 0 Å². The minimum atomic E-state index is 0.802. The molecule has 0 N–H and O–H groups in total. The highest BCUT2D eigenvalue weighted by molar-refractivity contribution is 9.09. The first-order valence-electron chi connectivity index (χ1n) is 2.91. The van der Waals surface area contributed by atoms with Crippen molar-refractivity contribution in [3.8, 4) is 6.07 Å². The highest BCUT2D eigenvalue weighted by Gasteiger charge is 1.96. The lowest BCUT2D eigenvalue weighted by atomic mass is 10.4. The van der Waals surface area contributed by atoms with Crippen LogP contribution in [0.5, 0.6) is 0 Å². The number of hydrogen-bond acceptors (Lipinski definition) is 2. The Morgan fingerprint density at radius 1 is 1.60 bits per heavy atom. The van der Waals surface area contributed by atoms with E-state index in [1.807, 2.05) is 12.1 Å². The number of aryl methyl sites for hydroxylation is 1. The minimum Gasteiger partial charge on any atom is -0.192 e. The normalized spacial score (nSPS) is 9.20. The standard InChI is InChI=1S/C7H6BrNS/c8-4-3-6-1-2-7(5-9)10-6/h1-2H,3-4H2. The van der Waals surface area contributed by atoms with Gasteiger partial charge in [0.05, 0.1) is 0 Å². The van der Waals surface area contributed by atoms with Crippen molar-refractivity contribution >= 4 is 27.3 Å². The van der Waals surface area contributed by atoms with Gasteiger partial charge in [-0.15, -0.1) is 11.3 Å². The zero-order valence-corrected chi connectivity index (χ0v) is 7.70. The van der Waals surface area contributed by atoms with Crippen LogP contribution in [0, 0.1) is 11.3 Å². The molecule has 0 saturated carbocycles. The van der Waals surface area contributed by atoms with E-state index in [1.165, 1.54) is 4.88 Å². The van der Waals surface area contributed by atoms with Crippen molar-refractivity contribution in [3.63, 3.8) is 0 Å². The molecule has 0 unspecified atom stereocenters. The van der Waals surface area contributed by atoms with E-state index in [9.17, 15) is 0 Å². The number of hydrogen-bond donors (Lipinski definition) is 0. The van der Waals surface area contributed by atoms with Gasteiger partial charge in [-0.2, -0.15) is 5.26 Å². The van der Waals surface area contributed by atoms with Crippen LogP contribution in [0.1, 0.15) is 9.75 Å². The molecule has 0 atom stereocenters. The maximum atomic E-state index is 8.47. The van der Waals surface area contributed by atoms with Crippen molar-refractivity contribution in [2.45, 2.75) is 6.42 Å². The van der Waals surface area contributed by atoms with E-state index in [1.54, 1.807) is 11.3 Å². The van der Waals surface area contributed by atoms with Crippen LogP contribution in [0.15, 0.2) is 12.1 Å². The van der Waals surface area contributed by atoms with Gasteiger partial charge in [-0.05, 0) is 18.6 Å². The summed E-state index contributed by atoms with van der Waals surface area (Å²) in [6.07, 6.45) is 1.02. The monoisotopic (exact) mass is 215 g/mol. The second-order valence-electron chi connectivity index (χ2n) is 1.82. The summed E-state index contributed by atoms with van der Waals surface area (Å²) in [5.41, 5.74) is 0. The molecular weight excluding hydrogens is 210 g/mol. The molecule has 0 spiro atoms. The third kappa shape index (κ3) is 1.83.